The van der Waals surface area contributed by atoms with Gasteiger partial charge in [-0.3, -0.25) is 33.6 Å². The number of primary amides is 1. The van der Waals surface area contributed by atoms with E-state index in [1.54, 1.807) is 20.8 Å². The lowest BCUT2D eigenvalue weighted by atomic mass is 9.73. The Balaban J connectivity index is 1.09. The molecule has 0 radical (unpaired) electrons. The van der Waals surface area contributed by atoms with Gasteiger partial charge < -0.3 is 138 Å². The van der Waals surface area contributed by atoms with Gasteiger partial charge in [0.05, 0.1) is 59.6 Å². The van der Waals surface area contributed by atoms with Crippen molar-refractivity contribution in [3.63, 3.8) is 0 Å². The van der Waals surface area contributed by atoms with Gasteiger partial charge in [0.2, 0.25) is 53.4 Å². The molecule has 1 aliphatic carbocycles. The number of nitrogens with one attached hydrogen (secondary N) is 8. The molecular formula is C86H112Cl2N10O25. The van der Waals surface area contributed by atoms with Gasteiger partial charge in [0.15, 0.2) is 29.9 Å². The quantitative estimate of drug-likeness (QED) is 0.0468. The van der Waals surface area contributed by atoms with Crippen LogP contribution in [-0.4, -0.2) is 221 Å². The van der Waals surface area contributed by atoms with Gasteiger partial charge in [0, 0.05) is 46.2 Å². The summed E-state index contributed by atoms with van der Waals surface area (Å²) in [5.41, 5.74) is 5.27. The third-order valence-corrected chi connectivity index (χ3v) is 25.4. The summed E-state index contributed by atoms with van der Waals surface area (Å²) in [5.74, 6) is -16.0. The van der Waals surface area contributed by atoms with Gasteiger partial charge in [0.25, 0.3) is 0 Å². The second-order valence-corrected chi connectivity index (χ2v) is 35.5. The average molecular weight is 1760 g/mol. The van der Waals surface area contributed by atoms with E-state index in [2.05, 4.69) is 49.5 Å². The van der Waals surface area contributed by atoms with Crippen molar-refractivity contribution < 1.29 is 123 Å². The third kappa shape index (κ3) is 20.3. The number of aliphatic hydroxyl groups excluding tert-OH is 6. The molecule has 35 nitrogen and oxygen atoms in total. The standard InChI is InChI=1S/C86H112Cl2N10O25/c1-10-11-12-40-13-15-41(16-14-40)35-92-85(7)34-63(118-39(5)75(85)108)122-73-71(106)70(105)61(36-99)121-82(73)123-72-59-27-45-28-60(72)120-58-22-19-44(26-52(58)88)69(104)68(96-76(109)53(91-9)23-37(2)3)79(112)93-54(32-62(89)103)77(110)94-66(45)78(111)95-65-43-17-20-55(101)48(24-43)64-49(29-46(100)30-56(64)102)67(81(114)115)97-83(116)86(8,98-80(65)113)50(42-18-21-57(119-59)51(87)25-42)31-47-33-84(6,90)74(107)38(4)117-47/h17-22,24-30,37-41,47,50,53-54,61,63,65-71,73-75,82,91-92,99-102,104-108H,10-16,23,31-36,90H2,1-9H3,(H2,89,103)(H,93,112)(H,94,110)(H,95,111)(H,96,109)(H,97,116)(H,98,113)(H,114,115)/t38-,39-,40?,41?,47-,50+,53+,54-,61+,63+,65+,66+,67-,68+,69+,70+,71-,73+,74-,75-,82-,84-,85-,86-/m0/s1. The molecule has 11 bridgehead atoms. The molecule has 0 aromatic heterocycles. The van der Waals surface area contributed by atoms with E-state index in [-0.39, 0.29) is 75.8 Å². The number of hydrogen-bond acceptors (Lipinski definition) is 27. The minimum atomic E-state index is -2.56. The lowest BCUT2D eigenvalue weighted by molar-refractivity contribution is -0.334. The number of aliphatic carboxylic acids is 1. The summed E-state index contributed by atoms with van der Waals surface area (Å²) in [7, 11) is 1.49. The molecule has 0 spiro atoms. The molecule has 22 atom stereocenters. The molecule has 1 saturated carbocycles. The van der Waals surface area contributed by atoms with E-state index in [0.717, 1.165) is 87.4 Å². The molecule has 123 heavy (non-hydrogen) atoms. The Morgan fingerprint density at radius 1 is 0.699 bits per heavy atom. The van der Waals surface area contributed by atoms with Crippen LogP contribution in [0.1, 0.15) is 190 Å². The summed E-state index contributed by atoms with van der Waals surface area (Å²) in [5, 5.41) is 139. The highest BCUT2D eigenvalue weighted by atomic mass is 35.5. The second kappa shape index (κ2) is 38.3. The fourth-order valence-corrected chi connectivity index (χ4v) is 18.4. The molecule has 8 aliphatic heterocycles. The molecule has 5 aromatic carbocycles. The Bertz CT molecular complexity index is 4770. The molecule has 4 fully saturated rings. The van der Waals surface area contributed by atoms with Crippen molar-refractivity contribution in [3.05, 3.63) is 117 Å². The van der Waals surface area contributed by atoms with Crippen LogP contribution in [0.15, 0.2) is 78.9 Å². The highest BCUT2D eigenvalue weighted by Gasteiger charge is 2.55. The number of carbonyl (C=O) groups excluding carboxylic acids is 7. The number of halogens is 2. The highest BCUT2D eigenvalue weighted by Crippen LogP contribution is 2.52. The van der Waals surface area contributed by atoms with E-state index in [1.807, 2.05) is 20.8 Å². The van der Waals surface area contributed by atoms with Crippen LogP contribution in [0, 0.1) is 17.8 Å². The molecule has 0 unspecified atom stereocenters. The first-order valence-corrected chi connectivity index (χ1v) is 42.3. The van der Waals surface area contributed by atoms with E-state index in [9.17, 15) is 65.4 Å². The molecule has 14 rings (SSSR count). The topological polar surface area (TPSA) is 552 Å². The summed E-state index contributed by atoms with van der Waals surface area (Å²) in [6.07, 6.45) is -12.2. The summed E-state index contributed by atoms with van der Waals surface area (Å²) >= 11 is 14.8. The molecule has 7 amide bonds. The SMILES string of the molecule is CCCCC1CCC(CN[C@@]2(C)C[C@@H](O[C@H]3[C@H](Oc4c5cc6cc4Oc4ccc(cc4Cl)[C@@H](C[C@H]4C[C@](C)(N)[C@@H](O)[C@H](C)O4)[C@]4(C)NC(=O)[C@H](NC(=O)[C@@H]6NC(=O)[C@H](CC(N)=O)NC(=O)[C@H](NC(=O)[C@@H](CC(C)C)NC)[C@H](O)c6ccc(c(Cl)c6)O5)c5ccc(O)c(c5)-c5c(O)cc(O)cc5[C@@H](C(=O)O)NC4=O)O[C@H](CO)[C@@H](O)[C@@H]3O)O[C@@H](C)[C@@H]2O)CC1. The summed E-state index contributed by atoms with van der Waals surface area (Å²) in [6.45, 7) is 13.2. The maximum atomic E-state index is 16.6. The molecular weight excluding hydrogens is 1640 g/mol. The number of carboxylic acids is 1. The van der Waals surface area contributed by atoms with Gasteiger partial charge in [-0.1, -0.05) is 94.3 Å². The largest absolute Gasteiger partial charge is 0.508 e. The fraction of sp³-hybridized carbons (Fsp3) is 0.558. The van der Waals surface area contributed by atoms with Crippen LogP contribution in [0.5, 0.6) is 46.0 Å². The number of likely N-dealkylation sites (N-methyl/N-ethyl adjacent to an activating group) is 1. The number of fused-ring (bicyclic) bond motifs is 15. The third-order valence-electron chi connectivity index (χ3n) is 24.9. The maximum Gasteiger partial charge on any atom is 0.330 e. The van der Waals surface area contributed by atoms with Crippen molar-refractivity contribution >= 4 is 70.5 Å². The number of phenolic OH excluding ortho intramolecular Hbond substituents is 3. The molecule has 22 N–H and O–H groups in total. The molecule has 5 aromatic rings. The zero-order valence-electron chi connectivity index (χ0n) is 69.6. The zero-order valence-corrected chi connectivity index (χ0v) is 71.1. The number of nitrogens with two attached hydrogens (primary N) is 2. The van der Waals surface area contributed by atoms with Gasteiger partial charge in [-0.05, 0) is 175 Å². The average Bonchev–Trinajstić information content (AvgIpc) is 0.721. The smallest absolute Gasteiger partial charge is 0.330 e. The first-order chi connectivity index (χ1) is 58.1. The predicted octanol–water partition coefficient (Wildman–Crippen LogP) is 4.82. The zero-order chi connectivity index (χ0) is 89.3. The van der Waals surface area contributed by atoms with Gasteiger partial charge in [-0.25, -0.2) is 4.79 Å². The van der Waals surface area contributed by atoms with Crippen LogP contribution in [-0.2, 0) is 57.3 Å². The second-order valence-electron chi connectivity index (χ2n) is 34.7. The number of benzene rings is 5. The van der Waals surface area contributed by atoms with E-state index >= 15 is 24.0 Å². The van der Waals surface area contributed by atoms with Crippen LogP contribution in [0.3, 0.4) is 0 Å². The van der Waals surface area contributed by atoms with Crippen molar-refractivity contribution in [2.24, 2.45) is 29.2 Å². The minimum Gasteiger partial charge on any atom is -0.508 e. The van der Waals surface area contributed by atoms with Crippen LogP contribution in [0.25, 0.3) is 11.1 Å². The van der Waals surface area contributed by atoms with Gasteiger partial charge in [-0.2, -0.15) is 0 Å². The first-order valence-electron chi connectivity index (χ1n) is 41.5. The summed E-state index contributed by atoms with van der Waals surface area (Å²) < 4.78 is 46.7. The number of aliphatic hydroxyl groups is 6. The Morgan fingerprint density at radius 3 is 1.94 bits per heavy atom. The van der Waals surface area contributed by atoms with Crippen molar-refractivity contribution in [3.8, 4) is 57.1 Å². The molecule has 3 saturated heterocycles. The van der Waals surface area contributed by atoms with E-state index in [4.69, 9.17) is 67.8 Å². The molecule has 37 heteroatoms. The van der Waals surface area contributed by atoms with E-state index in [1.165, 1.54) is 50.4 Å². The Hall–Kier alpha value is -9.28. The van der Waals surface area contributed by atoms with Gasteiger partial charge >= 0.3 is 5.97 Å². The maximum absolute atomic E-state index is 16.6. The summed E-state index contributed by atoms with van der Waals surface area (Å²) in [4.78, 5) is 122. The Morgan fingerprint density at radius 2 is 1.33 bits per heavy atom. The van der Waals surface area contributed by atoms with E-state index < -0.39 is 250 Å². The van der Waals surface area contributed by atoms with Gasteiger partial charge in [0.1, 0.15) is 82.9 Å². The van der Waals surface area contributed by atoms with E-state index in [0.29, 0.717) is 12.5 Å². The predicted molar refractivity (Wildman–Crippen MR) is 443 cm³/mol. The van der Waals surface area contributed by atoms with Crippen LogP contribution < -0.4 is 68.2 Å². The minimum absolute atomic E-state index is 0.0647. The number of carboxylic acid groups (broad SMARTS) is 1. The lowest BCUT2D eigenvalue weighted by Gasteiger charge is -2.49. The van der Waals surface area contributed by atoms with Gasteiger partial charge in [-0.15, -0.1) is 0 Å². The monoisotopic (exact) mass is 1750 g/mol. The number of phenols is 3. The van der Waals surface area contributed by atoms with Crippen LogP contribution in [0.2, 0.25) is 10.0 Å². The Labute approximate surface area is 720 Å². The summed E-state index contributed by atoms with van der Waals surface area (Å²) in [6, 6.07) is 2.78. The Kier molecular flexibility index (Phi) is 28.9. The van der Waals surface area contributed by atoms with Crippen molar-refractivity contribution in [2.45, 2.75) is 265 Å². The number of aromatic hydroxyl groups is 3. The van der Waals surface area contributed by atoms with Crippen molar-refractivity contribution in [1.82, 2.24) is 42.5 Å². The van der Waals surface area contributed by atoms with Crippen molar-refractivity contribution in [1.29, 1.82) is 0 Å². The number of carbonyl (C=O) groups is 8. The van der Waals surface area contributed by atoms with Crippen LogP contribution in [0.4, 0.5) is 0 Å². The number of unbranched alkanes of at least 4 members (excludes halogenated alkanes) is 1. The molecule has 8 heterocycles. The number of hydrogen-bond donors (Lipinski definition) is 20. The molecule has 670 valence electrons. The lowest BCUT2D eigenvalue weighted by Crippen LogP contribution is -2.65. The molecule has 9 aliphatic rings. The first kappa shape index (κ1) is 92.9. The highest BCUT2D eigenvalue weighted by molar-refractivity contribution is 6.32. The normalized spacial score (nSPS) is 32.7. The van der Waals surface area contributed by atoms with Crippen LogP contribution >= 0.6 is 23.2 Å². The van der Waals surface area contributed by atoms with Crippen molar-refractivity contribution in [2.75, 3.05) is 20.2 Å². The number of rotatable bonds is 21. The fourth-order valence-electron chi connectivity index (χ4n) is 17.9. The number of amides is 7. The number of ether oxygens (including phenoxy) is 7.